The second-order valence-electron chi connectivity index (χ2n) is 16.8. The van der Waals surface area contributed by atoms with Crippen molar-refractivity contribution in [3.05, 3.63) is 48.6 Å². The summed E-state index contributed by atoms with van der Waals surface area (Å²) in [7, 11) is 0. The van der Waals surface area contributed by atoms with Crippen LogP contribution in [0.2, 0.25) is 0 Å². The summed E-state index contributed by atoms with van der Waals surface area (Å²) in [4.78, 5) is 13.1. The molecule has 9 unspecified atom stereocenters. The maximum absolute atomic E-state index is 13.1. The summed E-state index contributed by atoms with van der Waals surface area (Å²) < 4.78 is 11.1. The predicted octanol–water partition coefficient (Wildman–Crippen LogP) is 8.17. The van der Waals surface area contributed by atoms with Gasteiger partial charge < -0.3 is 50.5 Å². The zero-order valence-electron chi connectivity index (χ0n) is 37.7. The first-order valence-electron chi connectivity index (χ1n) is 24.0. The standard InChI is InChI=1S/C49H89NO10/c1-3-5-7-9-11-13-15-17-18-19-20-21-22-23-25-27-29-31-33-35-37-42(53)48(58)50-40(39-59-49-47(57)46(56)45(55)43(38-51)60-49)44(54)41(52)36-34-32-30-28-26-24-16-14-12-10-8-6-4-2/h6,8,14,16,21-22,28,30,40-47,49,51-57H,3-5,7,9-13,15,17-20,23-27,29,31-39H2,1-2H3,(H,50,58)/b8-6+,16-14+,22-21-,30-28+. The van der Waals surface area contributed by atoms with Crippen molar-refractivity contribution in [3.8, 4) is 0 Å². The molecule has 1 aliphatic rings. The molecule has 350 valence electrons. The van der Waals surface area contributed by atoms with Crippen LogP contribution in [0.4, 0.5) is 0 Å². The SMILES string of the molecule is CC/C=C/CC/C=C/CC/C=C/CCCC(O)C(O)C(COC1OC(CO)C(O)C(O)C1O)NC(=O)C(O)CCCCCCCC/C=C\CCCCCCCCCCCC. The Morgan fingerprint density at radius 3 is 1.57 bits per heavy atom. The van der Waals surface area contributed by atoms with Gasteiger partial charge in [0.1, 0.15) is 36.6 Å². The average molecular weight is 852 g/mol. The van der Waals surface area contributed by atoms with Gasteiger partial charge in [-0.15, -0.1) is 0 Å². The van der Waals surface area contributed by atoms with Crippen LogP contribution in [0.5, 0.6) is 0 Å². The largest absolute Gasteiger partial charge is 0.394 e. The highest BCUT2D eigenvalue weighted by Crippen LogP contribution is 2.23. The molecule has 60 heavy (non-hydrogen) atoms. The highest BCUT2D eigenvalue weighted by Gasteiger charge is 2.44. The highest BCUT2D eigenvalue weighted by atomic mass is 16.7. The molecule has 1 rings (SSSR count). The van der Waals surface area contributed by atoms with Gasteiger partial charge in [0.2, 0.25) is 5.91 Å². The van der Waals surface area contributed by atoms with Crippen molar-refractivity contribution < 1.29 is 50.0 Å². The third kappa shape index (κ3) is 27.9. The number of nitrogens with one attached hydrogen (secondary N) is 1. The van der Waals surface area contributed by atoms with Crippen molar-refractivity contribution in [3.63, 3.8) is 0 Å². The Balaban J connectivity index is 2.44. The normalized spacial score (nSPS) is 22.1. The van der Waals surface area contributed by atoms with Crippen molar-refractivity contribution in [2.75, 3.05) is 13.2 Å². The van der Waals surface area contributed by atoms with Crippen molar-refractivity contribution in [2.45, 2.75) is 242 Å². The molecule has 1 aliphatic heterocycles. The van der Waals surface area contributed by atoms with Crippen molar-refractivity contribution in [1.82, 2.24) is 5.32 Å². The third-order valence-corrected chi connectivity index (χ3v) is 11.3. The molecule has 0 saturated carbocycles. The van der Waals surface area contributed by atoms with E-state index < -0.39 is 74.2 Å². The molecule has 0 spiro atoms. The van der Waals surface area contributed by atoms with Crippen LogP contribution in [0.25, 0.3) is 0 Å². The van der Waals surface area contributed by atoms with E-state index in [1.165, 1.54) is 70.6 Å². The van der Waals surface area contributed by atoms with Crippen LogP contribution in [-0.2, 0) is 14.3 Å². The molecule has 0 bridgehead atoms. The van der Waals surface area contributed by atoms with Gasteiger partial charge in [0, 0.05) is 0 Å². The van der Waals surface area contributed by atoms with E-state index in [1.807, 2.05) is 6.08 Å². The van der Waals surface area contributed by atoms with Crippen LogP contribution < -0.4 is 5.32 Å². The molecule has 0 aromatic rings. The van der Waals surface area contributed by atoms with Gasteiger partial charge >= 0.3 is 0 Å². The molecule has 1 heterocycles. The monoisotopic (exact) mass is 852 g/mol. The smallest absolute Gasteiger partial charge is 0.249 e. The van der Waals surface area contributed by atoms with Gasteiger partial charge in [0.05, 0.1) is 25.4 Å². The van der Waals surface area contributed by atoms with E-state index in [4.69, 9.17) is 9.47 Å². The van der Waals surface area contributed by atoms with E-state index in [0.717, 1.165) is 70.6 Å². The number of carbonyl (C=O) groups is 1. The third-order valence-electron chi connectivity index (χ3n) is 11.3. The van der Waals surface area contributed by atoms with Gasteiger partial charge in [-0.2, -0.15) is 0 Å². The summed E-state index contributed by atoms with van der Waals surface area (Å²) in [5.74, 6) is -0.720. The number of aliphatic hydroxyl groups is 7. The fourth-order valence-electron chi connectivity index (χ4n) is 7.36. The maximum atomic E-state index is 13.1. The van der Waals surface area contributed by atoms with Gasteiger partial charge in [-0.3, -0.25) is 4.79 Å². The number of hydrogen-bond acceptors (Lipinski definition) is 10. The quantitative estimate of drug-likeness (QED) is 0.0221. The van der Waals surface area contributed by atoms with Crippen LogP contribution in [0.15, 0.2) is 48.6 Å². The molecule has 1 saturated heterocycles. The van der Waals surface area contributed by atoms with Crippen LogP contribution in [0.1, 0.15) is 187 Å². The van der Waals surface area contributed by atoms with Crippen molar-refractivity contribution >= 4 is 5.91 Å². The van der Waals surface area contributed by atoms with Crippen LogP contribution in [-0.4, -0.2) is 110 Å². The number of unbranched alkanes of at least 4 members (excludes halogenated alkanes) is 19. The number of amides is 1. The lowest BCUT2D eigenvalue weighted by atomic mass is 9.98. The van der Waals surface area contributed by atoms with Gasteiger partial charge in [0.25, 0.3) is 0 Å². The summed E-state index contributed by atoms with van der Waals surface area (Å²) in [6.07, 6.45) is 34.5. The zero-order chi connectivity index (χ0) is 44.1. The molecule has 0 aromatic carbocycles. The van der Waals surface area contributed by atoms with Crippen molar-refractivity contribution in [1.29, 1.82) is 0 Å². The number of hydrogen-bond donors (Lipinski definition) is 8. The Kier molecular flexibility index (Phi) is 36.2. The van der Waals surface area contributed by atoms with Crippen LogP contribution >= 0.6 is 0 Å². The number of ether oxygens (including phenoxy) is 2. The summed E-state index contributed by atoms with van der Waals surface area (Å²) in [5, 5.41) is 75.6. The Morgan fingerprint density at radius 1 is 0.583 bits per heavy atom. The summed E-state index contributed by atoms with van der Waals surface area (Å²) >= 11 is 0. The summed E-state index contributed by atoms with van der Waals surface area (Å²) in [6, 6.07) is -1.20. The Labute approximate surface area is 364 Å². The fraction of sp³-hybridized carbons (Fsp3) is 0.816. The number of carbonyl (C=O) groups excluding carboxylic acids is 1. The first kappa shape index (κ1) is 56.1. The lowest BCUT2D eigenvalue weighted by Crippen LogP contribution is -2.60. The molecule has 8 N–H and O–H groups in total. The van der Waals surface area contributed by atoms with Gasteiger partial charge in [0.15, 0.2) is 6.29 Å². The average Bonchev–Trinajstić information content (AvgIpc) is 3.25. The number of rotatable bonds is 39. The first-order valence-corrected chi connectivity index (χ1v) is 24.0. The fourth-order valence-corrected chi connectivity index (χ4v) is 7.36. The van der Waals surface area contributed by atoms with Gasteiger partial charge in [-0.25, -0.2) is 0 Å². The number of aliphatic hydroxyl groups excluding tert-OH is 7. The minimum atomic E-state index is -1.67. The second kappa shape index (κ2) is 38.7. The Bertz CT molecular complexity index is 1110. The number of allylic oxidation sites excluding steroid dienone is 8. The molecule has 0 aliphatic carbocycles. The molecular weight excluding hydrogens is 763 g/mol. The lowest BCUT2D eigenvalue weighted by molar-refractivity contribution is -0.303. The molecule has 1 amide bonds. The predicted molar refractivity (Wildman–Crippen MR) is 242 cm³/mol. The van der Waals surface area contributed by atoms with E-state index in [-0.39, 0.29) is 12.8 Å². The van der Waals surface area contributed by atoms with Crippen molar-refractivity contribution in [2.24, 2.45) is 0 Å². The van der Waals surface area contributed by atoms with Gasteiger partial charge in [-0.05, 0) is 83.5 Å². The van der Waals surface area contributed by atoms with E-state index in [2.05, 4.69) is 61.7 Å². The van der Waals surface area contributed by atoms with E-state index in [1.54, 1.807) is 0 Å². The van der Waals surface area contributed by atoms with E-state index in [9.17, 15) is 40.5 Å². The molecule has 1 fully saturated rings. The molecule has 9 atom stereocenters. The zero-order valence-corrected chi connectivity index (χ0v) is 37.7. The molecule has 0 aromatic heterocycles. The molecular formula is C49H89NO10. The summed E-state index contributed by atoms with van der Waals surface area (Å²) in [5.41, 5.74) is 0. The molecule has 11 heteroatoms. The van der Waals surface area contributed by atoms with Gasteiger partial charge in [-0.1, -0.05) is 152 Å². The maximum Gasteiger partial charge on any atom is 0.249 e. The molecule has 0 radical (unpaired) electrons. The Morgan fingerprint density at radius 2 is 1.05 bits per heavy atom. The minimum Gasteiger partial charge on any atom is -0.394 e. The summed E-state index contributed by atoms with van der Waals surface area (Å²) in [6.45, 7) is 3.30. The van der Waals surface area contributed by atoms with E-state index in [0.29, 0.717) is 19.3 Å². The first-order chi connectivity index (χ1) is 29.2. The highest BCUT2D eigenvalue weighted by molar-refractivity contribution is 5.80. The van der Waals surface area contributed by atoms with Crippen LogP contribution in [0, 0.1) is 0 Å². The molecule has 11 nitrogen and oxygen atoms in total. The topological polar surface area (TPSA) is 189 Å². The Hall–Kier alpha value is -1.93. The minimum absolute atomic E-state index is 0.237. The second-order valence-corrected chi connectivity index (χ2v) is 16.8. The lowest BCUT2D eigenvalue weighted by Gasteiger charge is -2.40. The van der Waals surface area contributed by atoms with Crippen LogP contribution in [0.3, 0.4) is 0 Å². The van der Waals surface area contributed by atoms with E-state index >= 15 is 0 Å².